The Morgan fingerprint density at radius 3 is 1.64 bits per heavy atom. The summed E-state index contributed by atoms with van der Waals surface area (Å²) in [4.78, 5) is 0. The van der Waals surface area contributed by atoms with Crippen LogP contribution in [0.1, 0.15) is 82.1 Å². The van der Waals surface area contributed by atoms with Crippen molar-refractivity contribution in [3.05, 3.63) is 18.7 Å². The van der Waals surface area contributed by atoms with E-state index in [1.807, 2.05) is 0 Å². The molecule has 1 heterocycles. The molecule has 1 rings (SSSR count). The lowest BCUT2D eigenvalue weighted by atomic mass is 9.81. The number of rotatable bonds is 4. The third-order valence-corrected chi connectivity index (χ3v) is 3.96. The molecular weight excluding hydrogens is 336 g/mol. The van der Waals surface area contributed by atoms with Crippen LogP contribution in [-0.4, -0.2) is 4.57 Å². The molecule has 0 saturated carbocycles. The zero-order valence-corrected chi connectivity index (χ0v) is 18.0. The molecule has 0 radical (unpaired) electrons. The molecule has 2 nitrogen and oxygen atoms in total. The van der Waals surface area contributed by atoms with Gasteiger partial charge in [0.2, 0.25) is 6.33 Å². The van der Waals surface area contributed by atoms with Crippen LogP contribution in [0, 0.1) is 10.8 Å². The van der Waals surface area contributed by atoms with Gasteiger partial charge >= 0.3 is 0 Å². The van der Waals surface area contributed by atoms with E-state index in [1.165, 1.54) is 0 Å². The number of imidazole rings is 1. The van der Waals surface area contributed by atoms with Crippen molar-refractivity contribution in [3.8, 4) is 0 Å². The Morgan fingerprint density at radius 1 is 0.773 bits per heavy atom. The van der Waals surface area contributed by atoms with Crippen molar-refractivity contribution in [2.24, 2.45) is 10.8 Å². The Morgan fingerprint density at radius 2 is 1.23 bits per heavy atom. The minimum Gasteiger partial charge on any atom is -1.00 e. The monoisotopic (exact) mass is 372 g/mol. The van der Waals surface area contributed by atoms with Gasteiger partial charge in [-0.05, 0) is 51.4 Å². The van der Waals surface area contributed by atoms with Gasteiger partial charge < -0.3 is 17.0 Å². The van der Waals surface area contributed by atoms with Crippen LogP contribution < -0.4 is 21.5 Å². The second-order valence-electron chi connectivity index (χ2n) is 10.3. The van der Waals surface area contributed by atoms with E-state index >= 15 is 0 Å². The number of hydrogen-bond donors (Lipinski definition) is 0. The topological polar surface area (TPSA) is 8.81 Å². The van der Waals surface area contributed by atoms with E-state index in [0.717, 1.165) is 12.8 Å². The molecular formula is C19H37BrN2. The zero-order chi connectivity index (χ0) is 16.7. The molecule has 0 aliphatic heterocycles. The molecule has 1 aromatic heterocycles. The molecule has 0 saturated heterocycles. The van der Waals surface area contributed by atoms with Gasteiger partial charge in [-0.25, -0.2) is 9.13 Å². The number of nitrogens with zero attached hydrogens (tertiary/aromatic N) is 2. The Hall–Kier alpha value is -0.310. The van der Waals surface area contributed by atoms with Crippen LogP contribution in [0.4, 0.5) is 0 Å². The highest BCUT2D eigenvalue weighted by molar-refractivity contribution is 4.87. The SMILES string of the molecule is CC(C)(C)CC(C)(C)n1cc[n+](C(C)(C)CC(C)(C)C)c1.[Br-]. The van der Waals surface area contributed by atoms with Gasteiger partial charge in [0.15, 0.2) is 0 Å². The maximum atomic E-state index is 2.38. The van der Waals surface area contributed by atoms with Crippen LogP contribution in [0.2, 0.25) is 0 Å². The Labute approximate surface area is 149 Å². The first-order chi connectivity index (χ1) is 9.12. The van der Waals surface area contributed by atoms with Crippen molar-refractivity contribution >= 4 is 0 Å². The number of aromatic nitrogens is 2. The molecule has 0 aromatic carbocycles. The summed E-state index contributed by atoms with van der Waals surface area (Å²) in [6, 6.07) is 0. The average Bonchev–Trinajstić information content (AvgIpc) is 2.57. The molecule has 0 amide bonds. The van der Waals surface area contributed by atoms with Crippen LogP contribution in [0.15, 0.2) is 18.7 Å². The van der Waals surface area contributed by atoms with Crippen molar-refractivity contribution in [1.29, 1.82) is 0 Å². The third kappa shape index (κ3) is 6.44. The fourth-order valence-electron chi connectivity index (χ4n) is 3.85. The molecule has 0 atom stereocenters. The quantitative estimate of drug-likeness (QED) is 0.715. The molecule has 0 spiro atoms. The predicted octanol–water partition coefficient (Wildman–Crippen LogP) is 2.12. The second-order valence-corrected chi connectivity index (χ2v) is 10.3. The fraction of sp³-hybridized carbons (Fsp3) is 0.842. The van der Waals surface area contributed by atoms with Gasteiger partial charge in [0.05, 0.1) is 0 Å². The van der Waals surface area contributed by atoms with E-state index in [4.69, 9.17) is 0 Å². The Kier molecular flexibility index (Phi) is 6.57. The van der Waals surface area contributed by atoms with Gasteiger partial charge in [0.1, 0.15) is 23.5 Å². The first-order valence-corrected chi connectivity index (χ1v) is 8.23. The Balaban J connectivity index is 0.00000441. The summed E-state index contributed by atoms with van der Waals surface area (Å²) in [7, 11) is 0. The van der Waals surface area contributed by atoms with Gasteiger partial charge in [-0.1, -0.05) is 41.5 Å². The summed E-state index contributed by atoms with van der Waals surface area (Å²) in [6.45, 7) is 23.2. The molecule has 3 heteroatoms. The number of hydrogen-bond acceptors (Lipinski definition) is 0. The maximum Gasteiger partial charge on any atom is 0.244 e. The summed E-state index contributed by atoms with van der Waals surface area (Å²) in [6.07, 6.45) is 9.08. The molecule has 0 bridgehead atoms. The molecule has 0 aliphatic carbocycles. The van der Waals surface area contributed by atoms with E-state index in [2.05, 4.69) is 97.1 Å². The summed E-state index contributed by atoms with van der Waals surface area (Å²) in [5.41, 5.74) is 0.946. The van der Waals surface area contributed by atoms with Gasteiger partial charge in [-0.3, -0.25) is 0 Å². The Bertz CT molecular complexity index is 428. The van der Waals surface area contributed by atoms with Crippen LogP contribution in [0.5, 0.6) is 0 Å². The van der Waals surface area contributed by atoms with Crippen molar-refractivity contribution < 1.29 is 21.5 Å². The van der Waals surface area contributed by atoms with Gasteiger partial charge in [0, 0.05) is 0 Å². The van der Waals surface area contributed by atoms with Gasteiger partial charge in [-0.15, -0.1) is 0 Å². The van der Waals surface area contributed by atoms with Crippen molar-refractivity contribution in [2.75, 3.05) is 0 Å². The smallest absolute Gasteiger partial charge is 0.244 e. The summed E-state index contributed by atoms with van der Waals surface area (Å²) < 4.78 is 4.76. The molecule has 0 N–H and O–H groups in total. The van der Waals surface area contributed by atoms with Gasteiger partial charge in [0.25, 0.3) is 0 Å². The molecule has 130 valence electrons. The first kappa shape index (κ1) is 21.7. The van der Waals surface area contributed by atoms with E-state index in [9.17, 15) is 0 Å². The minimum atomic E-state index is 0. The zero-order valence-electron chi connectivity index (χ0n) is 16.4. The van der Waals surface area contributed by atoms with Crippen molar-refractivity contribution in [2.45, 2.75) is 93.2 Å². The van der Waals surface area contributed by atoms with Crippen LogP contribution >= 0.6 is 0 Å². The lowest BCUT2D eigenvalue weighted by Crippen LogP contribution is -3.00. The highest BCUT2D eigenvalue weighted by Crippen LogP contribution is 2.32. The normalized spacial score (nSPS) is 13.9. The highest BCUT2D eigenvalue weighted by Gasteiger charge is 2.35. The third-order valence-electron chi connectivity index (χ3n) is 3.96. The van der Waals surface area contributed by atoms with Crippen LogP contribution in [0.3, 0.4) is 0 Å². The second kappa shape index (κ2) is 6.67. The standard InChI is InChI=1S/C19H37N2.BrH/c1-16(2,3)13-18(7,8)20-11-12-21(15-20)19(9,10)14-17(4,5)6;/h11-12,15H,13-14H2,1-10H3;1H/q+1;/p-1. The van der Waals surface area contributed by atoms with E-state index in [-0.39, 0.29) is 28.1 Å². The summed E-state index contributed by atoms with van der Waals surface area (Å²) in [5.74, 6) is 0. The highest BCUT2D eigenvalue weighted by atomic mass is 79.9. The van der Waals surface area contributed by atoms with Crippen molar-refractivity contribution in [3.63, 3.8) is 0 Å². The lowest BCUT2D eigenvalue weighted by Gasteiger charge is -2.31. The van der Waals surface area contributed by atoms with Crippen LogP contribution in [0.25, 0.3) is 0 Å². The van der Waals surface area contributed by atoms with Crippen molar-refractivity contribution in [1.82, 2.24) is 4.57 Å². The van der Waals surface area contributed by atoms with E-state index < -0.39 is 0 Å². The predicted molar refractivity (Wildman–Crippen MR) is 91.4 cm³/mol. The number of halogens is 1. The lowest BCUT2D eigenvalue weighted by molar-refractivity contribution is -0.760. The van der Waals surface area contributed by atoms with Gasteiger partial charge in [-0.2, -0.15) is 0 Å². The maximum absolute atomic E-state index is 2.38. The largest absolute Gasteiger partial charge is 1.00 e. The molecule has 22 heavy (non-hydrogen) atoms. The molecule has 1 aromatic rings. The molecule has 0 fully saturated rings. The van der Waals surface area contributed by atoms with E-state index in [0.29, 0.717) is 10.8 Å². The average molecular weight is 373 g/mol. The summed E-state index contributed by atoms with van der Waals surface area (Å²) >= 11 is 0. The molecule has 0 unspecified atom stereocenters. The first-order valence-electron chi connectivity index (χ1n) is 8.23. The minimum absolute atomic E-state index is 0. The summed E-state index contributed by atoms with van der Waals surface area (Å²) in [5, 5.41) is 0. The fourth-order valence-corrected chi connectivity index (χ4v) is 3.85. The van der Waals surface area contributed by atoms with E-state index in [1.54, 1.807) is 0 Å². The van der Waals surface area contributed by atoms with Crippen LogP contribution in [-0.2, 0) is 11.1 Å². The molecule has 0 aliphatic rings.